The molecule has 4 saturated carbocycles. The van der Waals surface area contributed by atoms with E-state index < -0.39 is 48.3 Å². The van der Waals surface area contributed by atoms with Gasteiger partial charge in [0.15, 0.2) is 0 Å². The van der Waals surface area contributed by atoms with Crippen LogP contribution in [0.5, 0.6) is 0 Å². The summed E-state index contributed by atoms with van der Waals surface area (Å²) in [4.78, 5) is 3.69. The Labute approximate surface area is 189 Å². The van der Waals surface area contributed by atoms with Gasteiger partial charge in [-0.25, -0.2) is 9.62 Å². The minimum Gasteiger partial charge on any atom is -0.381 e. The first-order valence-corrected chi connectivity index (χ1v) is 11.3. The fourth-order valence-corrected chi connectivity index (χ4v) is 6.03. The van der Waals surface area contributed by atoms with Gasteiger partial charge in [0.05, 0.1) is 13.7 Å². The van der Waals surface area contributed by atoms with E-state index >= 15 is 0 Å². The van der Waals surface area contributed by atoms with Gasteiger partial charge in [-0.2, -0.15) is 35.1 Å². The molecule has 0 radical (unpaired) electrons. The van der Waals surface area contributed by atoms with E-state index in [0.29, 0.717) is 24.4 Å². The summed E-state index contributed by atoms with van der Waals surface area (Å²) >= 11 is -1.44. The lowest BCUT2D eigenvalue weighted by Crippen LogP contribution is -2.52. The lowest BCUT2D eigenvalue weighted by Gasteiger charge is -2.56. The summed E-state index contributed by atoms with van der Waals surface area (Å²) in [6.07, 6.45) is -7.49. The van der Waals surface area contributed by atoms with Crippen LogP contribution in [0.25, 0.3) is 0 Å². The van der Waals surface area contributed by atoms with Crippen LogP contribution in [0, 0.1) is 23.2 Å². The van der Waals surface area contributed by atoms with Gasteiger partial charge in [0.25, 0.3) is 0 Å². The molecule has 0 N–H and O–H groups in total. The second-order valence-corrected chi connectivity index (χ2v) is 10.1. The molecule has 0 heterocycles. The Hall–Kier alpha value is -0.410. The molecule has 0 spiro atoms. The zero-order chi connectivity index (χ0) is 24.5. The molecule has 0 aromatic rings. The standard InChI is InChI=1S/C19H26F8O5S/c1-28-31-32-33-19(26,27)18(24,25)30-17(22,23)16(20,21)3-2-4-29-11-15-8-12-5-13(9-15)7-14(6-12)10-15/h12-14H,2-11H2,1H3. The fourth-order valence-electron chi connectivity index (χ4n) is 5.73. The van der Waals surface area contributed by atoms with E-state index in [0.717, 1.165) is 26.4 Å². The minimum atomic E-state index is -6.02. The molecule has 4 aliphatic carbocycles. The van der Waals surface area contributed by atoms with Crippen molar-refractivity contribution in [3.63, 3.8) is 0 Å². The van der Waals surface area contributed by atoms with Gasteiger partial charge >= 0.3 is 23.4 Å². The van der Waals surface area contributed by atoms with Gasteiger partial charge in [0, 0.05) is 13.0 Å². The van der Waals surface area contributed by atoms with Crippen LogP contribution in [0.15, 0.2) is 0 Å². The van der Waals surface area contributed by atoms with Crippen molar-refractivity contribution in [1.82, 2.24) is 0 Å². The van der Waals surface area contributed by atoms with Crippen molar-refractivity contribution in [3.05, 3.63) is 0 Å². The molecule has 194 valence electrons. The number of halogens is 8. The van der Waals surface area contributed by atoms with Crippen molar-refractivity contribution in [2.24, 2.45) is 23.2 Å². The molecule has 4 bridgehead atoms. The smallest absolute Gasteiger partial charge is 0.381 e. The predicted octanol–water partition coefficient (Wildman–Crippen LogP) is 6.59. The lowest BCUT2D eigenvalue weighted by molar-refractivity contribution is -0.464. The highest BCUT2D eigenvalue weighted by molar-refractivity contribution is 7.95. The van der Waals surface area contributed by atoms with E-state index in [2.05, 4.69) is 19.0 Å². The molecule has 0 atom stereocenters. The summed E-state index contributed by atoms with van der Waals surface area (Å²) < 4.78 is 120. The van der Waals surface area contributed by atoms with Crippen molar-refractivity contribution in [3.8, 4) is 0 Å². The Morgan fingerprint density at radius 3 is 1.91 bits per heavy atom. The Morgan fingerprint density at radius 1 is 0.848 bits per heavy atom. The van der Waals surface area contributed by atoms with Crippen molar-refractivity contribution >= 4 is 12.0 Å². The highest BCUT2D eigenvalue weighted by Gasteiger charge is 2.69. The summed E-state index contributed by atoms with van der Waals surface area (Å²) in [7, 11) is 0.773. The number of hydrogen-bond acceptors (Lipinski definition) is 6. The van der Waals surface area contributed by atoms with Gasteiger partial charge in [-0.3, -0.25) is 0 Å². The van der Waals surface area contributed by atoms with Crippen molar-refractivity contribution < 1.29 is 58.9 Å². The van der Waals surface area contributed by atoms with Crippen LogP contribution in [-0.2, 0) is 23.7 Å². The quantitative estimate of drug-likeness (QED) is 0.0851. The normalized spacial score (nSPS) is 30.3. The number of rotatable bonds is 14. The molecule has 4 rings (SSSR count). The van der Waals surface area contributed by atoms with Gasteiger partial charge in [-0.15, -0.1) is 4.33 Å². The largest absolute Gasteiger partial charge is 0.436 e. The summed E-state index contributed by atoms with van der Waals surface area (Å²) in [5.41, 5.74) is -0.00970. The van der Waals surface area contributed by atoms with E-state index in [9.17, 15) is 35.1 Å². The molecule has 5 nitrogen and oxygen atoms in total. The zero-order valence-electron chi connectivity index (χ0n) is 17.8. The number of hydrogen-bond donors (Lipinski definition) is 0. The van der Waals surface area contributed by atoms with Gasteiger partial charge in [-0.1, -0.05) is 5.04 Å². The van der Waals surface area contributed by atoms with Crippen LogP contribution in [-0.4, -0.2) is 43.7 Å². The maximum Gasteiger partial charge on any atom is 0.436 e. The van der Waals surface area contributed by atoms with E-state index in [1.807, 2.05) is 0 Å². The molecule has 4 aliphatic rings. The lowest BCUT2D eigenvalue weighted by atomic mass is 9.50. The maximum atomic E-state index is 13.9. The monoisotopic (exact) mass is 518 g/mol. The molecular weight excluding hydrogens is 492 g/mol. The number of alkyl halides is 8. The van der Waals surface area contributed by atoms with Crippen LogP contribution >= 0.6 is 12.0 Å². The summed E-state index contributed by atoms with van der Waals surface area (Å²) in [5, 5.41) is -2.03. The third kappa shape index (κ3) is 6.24. The van der Waals surface area contributed by atoms with Crippen LogP contribution in [0.2, 0.25) is 0 Å². The first-order valence-electron chi connectivity index (χ1n) is 10.6. The zero-order valence-corrected chi connectivity index (χ0v) is 18.6. The molecule has 4 fully saturated rings. The number of ether oxygens (including phenoxy) is 2. The van der Waals surface area contributed by atoms with Crippen molar-refractivity contribution in [2.75, 3.05) is 20.3 Å². The summed E-state index contributed by atoms with van der Waals surface area (Å²) in [5.74, 6) is -3.22. The summed E-state index contributed by atoms with van der Waals surface area (Å²) in [6, 6.07) is 0. The molecule has 0 amide bonds. The predicted molar refractivity (Wildman–Crippen MR) is 98.3 cm³/mol. The average Bonchev–Trinajstić information content (AvgIpc) is 2.65. The van der Waals surface area contributed by atoms with Gasteiger partial charge in [0.1, 0.15) is 12.0 Å². The molecule has 33 heavy (non-hydrogen) atoms. The van der Waals surface area contributed by atoms with Crippen LogP contribution in [0.1, 0.15) is 51.4 Å². The Kier molecular flexibility index (Phi) is 8.17. The third-order valence-electron chi connectivity index (χ3n) is 6.61. The first kappa shape index (κ1) is 27.2. The third-order valence-corrected chi connectivity index (χ3v) is 7.18. The molecule has 0 saturated heterocycles. The molecule has 0 aliphatic heterocycles. The van der Waals surface area contributed by atoms with Gasteiger partial charge < -0.3 is 4.74 Å². The topological polar surface area (TPSA) is 46.2 Å². The van der Waals surface area contributed by atoms with Crippen LogP contribution < -0.4 is 0 Å². The Bertz CT molecular complexity index is 631. The van der Waals surface area contributed by atoms with E-state index in [4.69, 9.17) is 4.74 Å². The molecule has 0 unspecified atom stereocenters. The van der Waals surface area contributed by atoms with Gasteiger partial charge in [0.2, 0.25) is 0 Å². The molecule has 14 heteroatoms. The molecule has 0 aromatic carbocycles. The maximum absolute atomic E-state index is 13.9. The second-order valence-electron chi connectivity index (χ2n) is 9.32. The van der Waals surface area contributed by atoms with Crippen LogP contribution in [0.3, 0.4) is 0 Å². The van der Waals surface area contributed by atoms with E-state index in [1.54, 1.807) is 0 Å². The first-order chi connectivity index (χ1) is 15.2. The minimum absolute atomic E-state index is 0.00970. The fraction of sp³-hybridized carbons (Fsp3) is 1.00. The van der Waals surface area contributed by atoms with E-state index in [-0.39, 0.29) is 12.0 Å². The van der Waals surface area contributed by atoms with Crippen molar-refractivity contribution in [2.45, 2.75) is 74.8 Å². The average molecular weight is 518 g/mol. The van der Waals surface area contributed by atoms with Crippen LogP contribution in [0.4, 0.5) is 35.1 Å². The molecular formula is C19H26F8O5S. The molecule has 0 aromatic heterocycles. The van der Waals surface area contributed by atoms with Crippen molar-refractivity contribution in [1.29, 1.82) is 0 Å². The van der Waals surface area contributed by atoms with Gasteiger partial charge in [-0.05, 0) is 68.1 Å². The SMILES string of the molecule is COOOSC(F)(F)C(F)(F)OC(F)(F)C(F)(F)CCCOCC12CC3CC(CC(C3)C1)C2. The Balaban J connectivity index is 1.45. The highest BCUT2D eigenvalue weighted by atomic mass is 32.2. The summed E-state index contributed by atoms with van der Waals surface area (Å²) in [6.45, 7) is 0.0397. The van der Waals surface area contributed by atoms with E-state index in [1.165, 1.54) is 19.3 Å². The Morgan fingerprint density at radius 2 is 1.39 bits per heavy atom. The highest BCUT2D eigenvalue weighted by Crippen LogP contribution is 2.60. The second kappa shape index (κ2) is 9.92.